The number of aromatic nitrogens is 2. The van der Waals surface area contributed by atoms with Gasteiger partial charge in [0.1, 0.15) is 5.69 Å². The van der Waals surface area contributed by atoms with Gasteiger partial charge in [-0.3, -0.25) is 14.6 Å². The van der Waals surface area contributed by atoms with E-state index in [1.165, 1.54) is 6.20 Å². The molecule has 2 fully saturated rings. The zero-order chi connectivity index (χ0) is 21.2. The Kier molecular flexibility index (Phi) is 6.27. The van der Waals surface area contributed by atoms with Crippen molar-refractivity contribution in [2.75, 3.05) is 33.4 Å². The number of nitrogens with zero attached hydrogens (tertiary/aromatic N) is 4. The van der Waals surface area contributed by atoms with Gasteiger partial charge in [-0.2, -0.15) is 0 Å². The Bertz CT molecular complexity index is 749. The Hall–Kier alpha value is -2.02. The van der Waals surface area contributed by atoms with Gasteiger partial charge >= 0.3 is 0 Å². The molecule has 1 aromatic heterocycles. The average Bonchev–Trinajstić information content (AvgIpc) is 2.90. The smallest absolute Gasteiger partial charge is 0.274 e. The molecule has 2 aliphatic rings. The second kappa shape index (κ2) is 8.38. The number of carbonyl (C=O) groups is 2. The molecule has 7 nitrogen and oxygen atoms in total. The first-order valence-corrected chi connectivity index (χ1v) is 10.5. The summed E-state index contributed by atoms with van der Waals surface area (Å²) >= 11 is 0. The number of methoxy groups -OCH3 is 1. The molecule has 3 rings (SSSR count). The number of ether oxygens (including phenoxy) is 1. The molecule has 29 heavy (non-hydrogen) atoms. The molecule has 0 N–H and O–H groups in total. The highest BCUT2D eigenvalue weighted by molar-refractivity contribution is 5.92. The van der Waals surface area contributed by atoms with E-state index >= 15 is 0 Å². The van der Waals surface area contributed by atoms with Crippen LogP contribution in [0.25, 0.3) is 0 Å². The van der Waals surface area contributed by atoms with Crippen LogP contribution in [0.3, 0.4) is 0 Å². The maximum atomic E-state index is 13.1. The first kappa shape index (κ1) is 21.7. The van der Waals surface area contributed by atoms with Gasteiger partial charge in [0, 0.05) is 45.4 Å². The second-order valence-electron chi connectivity index (χ2n) is 9.81. The lowest BCUT2D eigenvalue weighted by atomic mass is 9.65. The predicted molar refractivity (Wildman–Crippen MR) is 110 cm³/mol. The lowest BCUT2D eigenvalue weighted by Gasteiger charge is -2.39. The molecule has 1 aliphatic heterocycles. The van der Waals surface area contributed by atoms with Gasteiger partial charge < -0.3 is 14.5 Å². The Morgan fingerprint density at radius 2 is 1.97 bits per heavy atom. The van der Waals surface area contributed by atoms with E-state index in [1.54, 1.807) is 18.2 Å². The van der Waals surface area contributed by atoms with Gasteiger partial charge in [0.15, 0.2) is 0 Å². The Labute approximate surface area is 173 Å². The maximum absolute atomic E-state index is 13.1. The van der Waals surface area contributed by atoms with Crippen LogP contribution in [0.5, 0.6) is 0 Å². The molecular weight excluding hydrogens is 368 g/mol. The van der Waals surface area contributed by atoms with Gasteiger partial charge in [-0.05, 0) is 37.0 Å². The van der Waals surface area contributed by atoms with Crippen LogP contribution in [0.4, 0.5) is 0 Å². The number of likely N-dealkylation sites (tertiary alicyclic amines) is 1. The number of carbonyl (C=O) groups excluding carboxylic acids is 2. The summed E-state index contributed by atoms with van der Waals surface area (Å²) in [5.41, 5.74) is 1.55. The van der Waals surface area contributed by atoms with Crippen molar-refractivity contribution in [1.82, 2.24) is 19.8 Å². The first-order valence-electron chi connectivity index (χ1n) is 10.5. The monoisotopic (exact) mass is 402 g/mol. The molecule has 160 valence electrons. The van der Waals surface area contributed by atoms with E-state index in [4.69, 9.17) is 4.74 Å². The van der Waals surface area contributed by atoms with E-state index in [9.17, 15) is 9.59 Å². The second-order valence-corrected chi connectivity index (χ2v) is 9.81. The minimum absolute atomic E-state index is 0.140. The molecule has 1 aromatic rings. The Balaban J connectivity index is 1.64. The molecule has 0 unspecified atom stereocenters. The zero-order valence-corrected chi connectivity index (χ0v) is 18.4. The van der Waals surface area contributed by atoms with Crippen LogP contribution in [0.1, 0.15) is 62.6 Å². The molecule has 0 aromatic carbocycles. The van der Waals surface area contributed by atoms with Crippen LogP contribution >= 0.6 is 0 Å². The molecule has 2 amide bonds. The molecule has 1 saturated carbocycles. The van der Waals surface area contributed by atoms with Crippen molar-refractivity contribution >= 4 is 11.8 Å². The predicted octanol–water partition coefficient (Wildman–Crippen LogP) is 2.69. The third-order valence-electron chi connectivity index (χ3n) is 6.18. The highest BCUT2D eigenvalue weighted by Crippen LogP contribution is 2.52. The van der Waals surface area contributed by atoms with Crippen molar-refractivity contribution in [3.63, 3.8) is 0 Å². The standard InChI is InChI=1S/C22H34N4O3/c1-16-12-24-18(13-23-16)20(28)25(8-9-29-5)7-6-19(27)26-15-22(4)11-17(26)10-21(2,3)14-22/h12-13,17H,6-11,14-15H2,1-5H3/t17-,22-/m0/s1. The van der Waals surface area contributed by atoms with Crippen molar-refractivity contribution in [3.8, 4) is 0 Å². The van der Waals surface area contributed by atoms with Crippen molar-refractivity contribution in [2.45, 2.75) is 59.4 Å². The van der Waals surface area contributed by atoms with Gasteiger partial charge in [-0.25, -0.2) is 4.98 Å². The summed E-state index contributed by atoms with van der Waals surface area (Å²) in [5.74, 6) is -0.0720. The van der Waals surface area contributed by atoms with Gasteiger partial charge in [0.2, 0.25) is 5.91 Å². The van der Waals surface area contributed by atoms with Crippen LogP contribution in [0.15, 0.2) is 12.4 Å². The number of aryl methyl sites for hydroxylation is 1. The maximum Gasteiger partial charge on any atom is 0.274 e. The molecular formula is C22H34N4O3. The third kappa shape index (κ3) is 5.13. The van der Waals surface area contributed by atoms with Crippen LogP contribution in [-0.2, 0) is 9.53 Å². The lowest BCUT2D eigenvalue weighted by Crippen LogP contribution is -2.41. The number of hydrogen-bond donors (Lipinski definition) is 0. The Morgan fingerprint density at radius 1 is 1.21 bits per heavy atom. The van der Waals surface area contributed by atoms with Gasteiger partial charge in [0.25, 0.3) is 5.91 Å². The summed E-state index contributed by atoms with van der Waals surface area (Å²) < 4.78 is 5.15. The highest BCUT2D eigenvalue weighted by atomic mass is 16.5. The molecule has 2 heterocycles. The number of rotatable bonds is 7. The van der Waals surface area contributed by atoms with Crippen LogP contribution < -0.4 is 0 Å². The van der Waals surface area contributed by atoms with E-state index in [2.05, 4.69) is 35.6 Å². The fourth-order valence-corrected chi connectivity index (χ4v) is 5.31. The van der Waals surface area contributed by atoms with Crippen LogP contribution in [0, 0.1) is 17.8 Å². The summed E-state index contributed by atoms with van der Waals surface area (Å²) in [6.45, 7) is 10.8. The molecule has 7 heteroatoms. The normalized spacial score (nSPS) is 25.1. The van der Waals surface area contributed by atoms with E-state index in [0.717, 1.165) is 31.5 Å². The molecule has 1 saturated heterocycles. The molecule has 2 bridgehead atoms. The molecule has 0 spiro atoms. The summed E-state index contributed by atoms with van der Waals surface area (Å²) in [4.78, 5) is 38.0. The highest BCUT2D eigenvalue weighted by Gasteiger charge is 2.50. The molecule has 1 aliphatic carbocycles. The fraction of sp³-hybridized carbons (Fsp3) is 0.727. The molecule has 2 atom stereocenters. The van der Waals surface area contributed by atoms with E-state index < -0.39 is 0 Å². The van der Waals surface area contributed by atoms with E-state index in [-0.39, 0.29) is 22.6 Å². The number of fused-ring (bicyclic) bond motifs is 2. The lowest BCUT2D eigenvalue weighted by molar-refractivity contribution is -0.132. The largest absolute Gasteiger partial charge is 0.383 e. The topological polar surface area (TPSA) is 75.6 Å². The van der Waals surface area contributed by atoms with Gasteiger partial charge in [0.05, 0.1) is 18.5 Å². The summed E-state index contributed by atoms with van der Waals surface area (Å²) in [6, 6.07) is 0.322. The van der Waals surface area contributed by atoms with E-state index in [0.29, 0.717) is 37.9 Å². The third-order valence-corrected chi connectivity index (χ3v) is 6.18. The van der Waals surface area contributed by atoms with Crippen molar-refractivity contribution < 1.29 is 14.3 Å². The van der Waals surface area contributed by atoms with Crippen LogP contribution in [0.2, 0.25) is 0 Å². The summed E-state index contributed by atoms with van der Waals surface area (Å²) in [6.07, 6.45) is 6.70. The van der Waals surface area contributed by atoms with E-state index in [1.807, 2.05) is 6.92 Å². The summed E-state index contributed by atoms with van der Waals surface area (Å²) in [5, 5.41) is 0. The number of hydrogen-bond acceptors (Lipinski definition) is 5. The van der Waals surface area contributed by atoms with Crippen molar-refractivity contribution in [2.24, 2.45) is 10.8 Å². The summed E-state index contributed by atoms with van der Waals surface area (Å²) in [7, 11) is 1.60. The molecule has 0 radical (unpaired) electrons. The Morgan fingerprint density at radius 3 is 2.62 bits per heavy atom. The number of amides is 2. The minimum Gasteiger partial charge on any atom is -0.383 e. The van der Waals surface area contributed by atoms with Gasteiger partial charge in [-0.15, -0.1) is 0 Å². The fourth-order valence-electron chi connectivity index (χ4n) is 5.31. The van der Waals surface area contributed by atoms with Crippen molar-refractivity contribution in [1.29, 1.82) is 0 Å². The first-order chi connectivity index (χ1) is 13.6. The van der Waals surface area contributed by atoms with Crippen LogP contribution in [-0.4, -0.2) is 71.0 Å². The van der Waals surface area contributed by atoms with Crippen molar-refractivity contribution in [3.05, 3.63) is 23.8 Å². The quantitative estimate of drug-likeness (QED) is 0.701. The van der Waals surface area contributed by atoms with Gasteiger partial charge in [-0.1, -0.05) is 20.8 Å². The average molecular weight is 403 g/mol. The minimum atomic E-state index is -0.212. The SMILES string of the molecule is COCCN(CCC(=O)N1C[C@@]2(C)C[C@@H]1CC(C)(C)C2)C(=O)c1cnc(C)cn1. The zero-order valence-electron chi connectivity index (χ0n) is 18.4.